The van der Waals surface area contributed by atoms with E-state index in [0.29, 0.717) is 31.5 Å². The van der Waals surface area contributed by atoms with Gasteiger partial charge in [0.15, 0.2) is 0 Å². The van der Waals surface area contributed by atoms with E-state index >= 15 is 0 Å². The zero-order chi connectivity index (χ0) is 12.9. The molecule has 0 saturated carbocycles. The van der Waals surface area contributed by atoms with E-state index in [1.54, 1.807) is 4.31 Å². The molecule has 1 N–H and O–H groups in total. The van der Waals surface area contributed by atoms with Crippen LogP contribution in [0.2, 0.25) is 0 Å². The van der Waals surface area contributed by atoms with E-state index in [0.717, 1.165) is 25.7 Å². The number of nitrogens with one attached hydrogen (secondary N) is 1. The summed E-state index contributed by atoms with van der Waals surface area (Å²) >= 11 is 0. The van der Waals surface area contributed by atoms with Crippen molar-refractivity contribution in [2.24, 2.45) is 11.8 Å². The summed E-state index contributed by atoms with van der Waals surface area (Å²) < 4.78 is 28.5. The third-order valence-electron chi connectivity index (χ3n) is 3.67. The molecule has 0 aromatic rings. The number of rotatable bonds is 6. The Kier molecular flexibility index (Phi) is 5.89. The van der Waals surface area contributed by atoms with Gasteiger partial charge in [0.1, 0.15) is 0 Å². The minimum Gasteiger partial charge on any atom is -0.202 e. The van der Waals surface area contributed by atoms with Gasteiger partial charge in [0.2, 0.25) is 0 Å². The molecule has 1 saturated heterocycles. The molecule has 1 atom stereocenters. The van der Waals surface area contributed by atoms with Gasteiger partial charge in [-0.05, 0) is 24.7 Å². The summed E-state index contributed by atoms with van der Waals surface area (Å²) in [6, 6.07) is 0. The molecule has 1 aliphatic heterocycles. The third-order valence-corrected chi connectivity index (χ3v) is 5.21. The smallest absolute Gasteiger partial charge is 0.202 e. The van der Waals surface area contributed by atoms with Crippen LogP contribution >= 0.6 is 0 Å². The Morgan fingerprint density at radius 1 is 1.35 bits per heavy atom. The predicted octanol–water partition coefficient (Wildman–Crippen LogP) is 1.99. The zero-order valence-corrected chi connectivity index (χ0v) is 12.1. The monoisotopic (exact) mass is 262 g/mol. The number of piperidine rings is 1. The fraction of sp³-hybridized carbons (Fsp3) is 1.00. The summed E-state index contributed by atoms with van der Waals surface area (Å²) in [4.78, 5) is 0. The Labute approximate surface area is 106 Å². The first-order chi connectivity index (χ1) is 7.99. The van der Waals surface area contributed by atoms with Crippen molar-refractivity contribution in [3.05, 3.63) is 0 Å². The van der Waals surface area contributed by atoms with Crippen molar-refractivity contribution in [3.8, 4) is 0 Å². The quantitative estimate of drug-likeness (QED) is 0.796. The maximum Gasteiger partial charge on any atom is 0.279 e. The van der Waals surface area contributed by atoms with Crippen molar-refractivity contribution in [2.75, 3.05) is 19.6 Å². The summed E-state index contributed by atoms with van der Waals surface area (Å²) in [5.74, 6) is 0.931. The van der Waals surface area contributed by atoms with E-state index in [1.165, 1.54) is 0 Å². The van der Waals surface area contributed by atoms with Gasteiger partial charge in [0, 0.05) is 19.6 Å². The number of nitrogens with zero attached hydrogens (tertiary/aromatic N) is 1. The highest BCUT2D eigenvalue weighted by Crippen LogP contribution is 2.18. The van der Waals surface area contributed by atoms with Crippen molar-refractivity contribution in [2.45, 2.75) is 46.5 Å². The highest BCUT2D eigenvalue weighted by molar-refractivity contribution is 7.87. The minimum absolute atomic E-state index is 0.451. The summed E-state index contributed by atoms with van der Waals surface area (Å²) in [5.41, 5.74) is 0. The Hall–Kier alpha value is -0.130. The molecule has 0 bridgehead atoms. The molecule has 0 aromatic carbocycles. The van der Waals surface area contributed by atoms with Crippen LogP contribution in [0.15, 0.2) is 0 Å². The van der Waals surface area contributed by atoms with Gasteiger partial charge in [0.25, 0.3) is 10.2 Å². The lowest BCUT2D eigenvalue weighted by atomic mass is 10.0. The highest BCUT2D eigenvalue weighted by Gasteiger charge is 2.26. The van der Waals surface area contributed by atoms with Crippen LogP contribution in [0.25, 0.3) is 0 Å². The summed E-state index contributed by atoms with van der Waals surface area (Å²) in [5, 5.41) is 0. The van der Waals surface area contributed by atoms with E-state index in [9.17, 15) is 8.42 Å². The van der Waals surface area contributed by atoms with Crippen LogP contribution in [0, 0.1) is 11.8 Å². The van der Waals surface area contributed by atoms with Gasteiger partial charge in [-0.3, -0.25) is 0 Å². The third kappa shape index (κ3) is 4.56. The second kappa shape index (κ2) is 6.71. The molecule has 1 rings (SSSR count). The van der Waals surface area contributed by atoms with Crippen molar-refractivity contribution < 1.29 is 8.42 Å². The number of hydrogen-bond donors (Lipinski definition) is 1. The van der Waals surface area contributed by atoms with Gasteiger partial charge >= 0.3 is 0 Å². The minimum atomic E-state index is -3.25. The molecule has 1 aliphatic rings. The van der Waals surface area contributed by atoms with Gasteiger partial charge in [0.05, 0.1) is 0 Å². The van der Waals surface area contributed by atoms with E-state index in [2.05, 4.69) is 25.5 Å². The lowest BCUT2D eigenvalue weighted by molar-refractivity contribution is 0.277. The molecule has 17 heavy (non-hydrogen) atoms. The van der Waals surface area contributed by atoms with Crippen LogP contribution in [0.5, 0.6) is 0 Å². The average molecular weight is 262 g/mol. The van der Waals surface area contributed by atoms with Crippen LogP contribution < -0.4 is 4.72 Å². The van der Waals surface area contributed by atoms with E-state index in [4.69, 9.17) is 0 Å². The topological polar surface area (TPSA) is 49.4 Å². The molecule has 0 amide bonds. The van der Waals surface area contributed by atoms with Crippen molar-refractivity contribution in [1.29, 1.82) is 0 Å². The molecular weight excluding hydrogens is 236 g/mol. The second-order valence-corrected chi connectivity index (χ2v) is 6.90. The highest BCUT2D eigenvalue weighted by atomic mass is 32.2. The van der Waals surface area contributed by atoms with Gasteiger partial charge in [-0.15, -0.1) is 0 Å². The molecule has 1 unspecified atom stereocenters. The Morgan fingerprint density at radius 2 is 2.00 bits per heavy atom. The van der Waals surface area contributed by atoms with Gasteiger partial charge < -0.3 is 0 Å². The van der Waals surface area contributed by atoms with Crippen LogP contribution in [-0.4, -0.2) is 32.4 Å². The predicted molar refractivity (Wildman–Crippen MR) is 71.0 cm³/mol. The van der Waals surface area contributed by atoms with Crippen LogP contribution in [0.4, 0.5) is 0 Å². The first kappa shape index (κ1) is 14.9. The van der Waals surface area contributed by atoms with Crippen LogP contribution in [-0.2, 0) is 10.2 Å². The first-order valence-corrected chi connectivity index (χ1v) is 8.18. The standard InChI is InChI=1S/C12H26N2O2S/c1-4-12(5-2)9-13-17(15,16)14-8-6-7-11(3)10-14/h11-13H,4-10H2,1-3H3. The van der Waals surface area contributed by atoms with Crippen LogP contribution in [0.3, 0.4) is 0 Å². The SMILES string of the molecule is CCC(CC)CNS(=O)(=O)N1CCCC(C)C1. The van der Waals surface area contributed by atoms with Crippen molar-refractivity contribution in [1.82, 2.24) is 9.03 Å². The van der Waals surface area contributed by atoms with Gasteiger partial charge in [-0.25, -0.2) is 4.72 Å². The largest absolute Gasteiger partial charge is 0.279 e. The molecule has 1 heterocycles. The molecular formula is C12H26N2O2S. The van der Waals surface area contributed by atoms with E-state index in [-0.39, 0.29) is 0 Å². The lowest BCUT2D eigenvalue weighted by Gasteiger charge is -2.30. The Bertz CT molecular complexity index is 312. The summed E-state index contributed by atoms with van der Waals surface area (Å²) in [7, 11) is -3.25. The van der Waals surface area contributed by atoms with Gasteiger partial charge in [-0.1, -0.05) is 33.6 Å². The molecule has 0 radical (unpaired) electrons. The van der Waals surface area contributed by atoms with Gasteiger partial charge in [-0.2, -0.15) is 12.7 Å². The molecule has 0 spiro atoms. The maximum atomic E-state index is 12.1. The molecule has 5 heteroatoms. The molecule has 0 aliphatic carbocycles. The molecule has 4 nitrogen and oxygen atoms in total. The fourth-order valence-corrected chi connectivity index (χ4v) is 3.71. The van der Waals surface area contributed by atoms with Crippen molar-refractivity contribution >= 4 is 10.2 Å². The molecule has 1 fully saturated rings. The summed E-state index contributed by atoms with van der Waals surface area (Å²) in [6.07, 6.45) is 4.16. The van der Waals surface area contributed by atoms with E-state index in [1.807, 2.05) is 0 Å². The van der Waals surface area contributed by atoms with E-state index < -0.39 is 10.2 Å². The van der Waals surface area contributed by atoms with Crippen LogP contribution in [0.1, 0.15) is 46.5 Å². The Balaban J connectivity index is 2.50. The first-order valence-electron chi connectivity index (χ1n) is 6.74. The fourth-order valence-electron chi connectivity index (χ4n) is 2.26. The molecule has 0 aromatic heterocycles. The maximum absolute atomic E-state index is 12.1. The Morgan fingerprint density at radius 3 is 2.53 bits per heavy atom. The normalized spacial score (nSPS) is 23.2. The summed E-state index contributed by atoms with van der Waals surface area (Å²) in [6.45, 7) is 8.22. The average Bonchev–Trinajstić information content (AvgIpc) is 2.30. The van der Waals surface area contributed by atoms with Crippen molar-refractivity contribution in [3.63, 3.8) is 0 Å². The zero-order valence-electron chi connectivity index (χ0n) is 11.3. The number of hydrogen-bond acceptors (Lipinski definition) is 2. The lowest BCUT2D eigenvalue weighted by Crippen LogP contribution is -2.46. The molecule has 102 valence electrons. The second-order valence-electron chi connectivity index (χ2n) is 5.14.